The number of carbonyl (C=O) groups excluding carboxylic acids is 1. The molecule has 0 spiro atoms. The van der Waals surface area contributed by atoms with Crippen molar-refractivity contribution in [3.8, 4) is 5.75 Å². The molecule has 5 heteroatoms. The van der Waals surface area contributed by atoms with E-state index in [0.717, 1.165) is 34.2 Å². The van der Waals surface area contributed by atoms with Crippen molar-refractivity contribution in [1.82, 2.24) is 5.43 Å². The summed E-state index contributed by atoms with van der Waals surface area (Å²) in [5.41, 5.74) is 6.65. The number of carbonyl (C=O) groups is 1. The van der Waals surface area contributed by atoms with Crippen LogP contribution in [0, 0.1) is 18.8 Å². The highest BCUT2D eigenvalue weighted by molar-refractivity contribution is 6.31. The Morgan fingerprint density at radius 2 is 1.78 bits per heavy atom. The van der Waals surface area contributed by atoms with Crippen LogP contribution in [0.2, 0.25) is 5.02 Å². The molecular formula is C27H33ClN2O2. The Hall–Kier alpha value is -2.33. The third-order valence-electron chi connectivity index (χ3n) is 6.90. The number of rotatable bonds is 6. The lowest BCUT2D eigenvalue weighted by atomic mass is 9.72. The zero-order chi connectivity index (χ0) is 22.3. The maximum Gasteiger partial charge on any atom is 0.271 e. The second-order valence-electron chi connectivity index (χ2n) is 9.19. The Morgan fingerprint density at radius 1 is 1.03 bits per heavy atom. The van der Waals surface area contributed by atoms with E-state index in [0.29, 0.717) is 18.1 Å². The number of hydrogen-bond acceptors (Lipinski definition) is 3. The van der Waals surface area contributed by atoms with Crippen LogP contribution in [-0.4, -0.2) is 11.6 Å². The second kappa shape index (κ2) is 11.0. The summed E-state index contributed by atoms with van der Waals surface area (Å²) in [5, 5.41) is 5.34. The Morgan fingerprint density at radius 3 is 2.53 bits per heavy atom. The van der Waals surface area contributed by atoms with E-state index in [4.69, 9.17) is 16.3 Å². The Bertz CT molecular complexity index is 949. The lowest BCUT2D eigenvalue weighted by molar-refractivity contribution is 0.0954. The monoisotopic (exact) mass is 452 g/mol. The summed E-state index contributed by atoms with van der Waals surface area (Å²) in [5.74, 6) is 1.94. The number of hydrogen-bond donors (Lipinski definition) is 1. The Kier molecular flexibility index (Phi) is 7.85. The molecule has 4 nitrogen and oxygen atoms in total. The lowest BCUT2D eigenvalue weighted by Crippen LogP contribution is -2.31. The SMILES string of the molecule is Cc1cc(OCc2ccc(C(=O)N/N=C3\CCCC[C@@H]3C3CCCCC3)cc2)ccc1Cl. The molecule has 0 heterocycles. The average Bonchev–Trinajstić information content (AvgIpc) is 2.84. The van der Waals surface area contributed by atoms with E-state index in [1.54, 1.807) is 0 Å². The van der Waals surface area contributed by atoms with Crippen molar-refractivity contribution >= 4 is 23.2 Å². The number of hydrazone groups is 1. The molecule has 1 atom stereocenters. The molecule has 32 heavy (non-hydrogen) atoms. The third-order valence-corrected chi connectivity index (χ3v) is 7.32. The van der Waals surface area contributed by atoms with Gasteiger partial charge >= 0.3 is 0 Å². The molecule has 0 radical (unpaired) electrons. The molecule has 4 rings (SSSR count). The molecular weight excluding hydrogens is 420 g/mol. The molecule has 1 N–H and O–H groups in total. The van der Waals surface area contributed by atoms with Crippen LogP contribution in [0.25, 0.3) is 0 Å². The van der Waals surface area contributed by atoms with Gasteiger partial charge in [0.1, 0.15) is 12.4 Å². The van der Waals surface area contributed by atoms with Crippen LogP contribution >= 0.6 is 11.6 Å². The maximum atomic E-state index is 12.7. The fraction of sp³-hybridized carbons (Fsp3) is 0.481. The van der Waals surface area contributed by atoms with Crippen LogP contribution < -0.4 is 10.2 Å². The molecule has 2 aromatic carbocycles. The van der Waals surface area contributed by atoms with Crippen LogP contribution in [0.3, 0.4) is 0 Å². The summed E-state index contributed by atoms with van der Waals surface area (Å²) >= 11 is 6.06. The molecule has 0 unspecified atom stereocenters. The first-order chi connectivity index (χ1) is 15.6. The van der Waals surface area contributed by atoms with Gasteiger partial charge in [-0.3, -0.25) is 4.79 Å². The molecule has 2 aliphatic rings. The molecule has 0 saturated heterocycles. The van der Waals surface area contributed by atoms with E-state index in [9.17, 15) is 4.79 Å². The van der Waals surface area contributed by atoms with Crippen molar-refractivity contribution < 1.29 is 9.53 Å². The highest BCUT2D eigenvalue weighted by Crippen LogP contribution is 2.36. The molecule has 2 aromatic rings. The summed E-state index contributed by atoms with van der Waals surface area (Å²) < 4.78 is 5.84. The van der Waals surface area contributed by atoms with Crippen LogP contribution in [0.15, 0.2) is 47.6 Å². The Balaban J connectivity index is 1.33. The largest absolute Gasteiger partial charge is 0.489 e. The number of amides is 1. The van der Waals surface area contributed by atoms with Gasteiger partial charge in [0.05, 0.1) is 0 Å². The predicted molar refractivity (Wildman–Crippen MR) is 130 cm³/mol. The molecule has 0 bridgehead atoms. The molecule has 1 amide bonds. The van der Waals surface area contributed by atoms with Gasteiger partial charge in [-0.25, -0.2) is 5.43 Å². The highest BCUT2D eigenvalue weighted by Gasteiger charge is 2.29. The number of halogens is 1. The molecule has 0 aromatic heterocycles. The second-order valence-corrected chi connectivity index (χ2v) is 9.60. The molecule has 2 aliphatic carbocycles. The number of ether oxygens (including phenoxy) is 1. The zero-order valence-electron chi connectivity index (χ0n) is 18.9. The minimum atomic E-state index is -0.147. The van der Waals surface area contributed by atoms with E-state index in [1.165, 1.54) is 57.1 Å². The molecule has 2 fully saturated rings. The van der Waals surface area contributed by atoms with Crippen LogP contribution in [0.5, 0.6) is 5.75 Å². The van der Waals surface area contributed by atoms with E-state index in [2.05, 4.69) is 10.5 Å². The third kappa shape index (κ3) is 5.92. The van der Waals surface area contributed by atoms with E-state index < -0.39 is 0 Å². The van der Waals surface area contributed by atoms with Crippen LogP contribution in [0.1, 0.15) is 79.3 Å². The van der Waals surface area contributed by atoms with Gasteiger partial charge in [-0.05, 0) is 86.4 Å². The summed E-state index contributed by atoms with van der Waals surface area (Å²) in [6, 6.07) is 13.2. The van der Waals surface area contributed by atoms with Gasteiger partial charge < -0.3 is 4.74 Å². The van der Waals surface area contributed by atoms with Crippen molar-refractivity contribution in [3.05, 3.63) is 64.2 Å². The topological polar surface area (TPSA) is 50.7 Å². The van der Waals surface area contributed by atoms with Gasteiger partial charge in [0, 0.05) is 22.2 Å². The summed E-state index contributed by atoms with van der Waals surface area (Å²) in [6.07, 6.45) is 11.4. The summed E-state index contributed by atoms with van der Waals surface area (Å²) in [7, 11) is 0. The molecule has 0 aliphatic heterocycles. The fourth-order valence-corrected chi connectivity index (χ4v) is 5.14. The van der Waals surface area contributed by atoms with E-state index in [-0.39, 0.29) is 5.91 Å². The number of nitrogens with zero attached hydrogens (tertiary/aromatic N) is 1. The van der Waals surface area contributed by atoms with Gasteiger partial charge in [0.25, 0.3) is 5.91 Å². The summed E-state index contributed by atoms with van der Waals surface area (Å²) in [6.45, 7) is 2.39. The van der Waals surface area contributed by atoms with Crippen LogP contribution in [0.4, 0.5) is 0 Å². The molecule has 170 valence electrons. The number of benzene rings is 2. The smallest absolute Gasteiger partial charge is 0.271 e. The molecule has 2 saturated carbocycles. The van der Waals surface area contributed by atoms with Gasteiger partial charge in [-0.1, -0.05) is 49.4 Å². The lowest BCUT2D eigenvalue weighted by Gasteiger charge is -2.33. The van der Waals surface area contributed by atoms with Gasteiger partial charge in [-0.15, -0.1) is 0 Å². The van der Waals surface area contributed by atoms with Crippen molar-refractivity contribution in [2.24, 2.45) is 16.9 Å². The standard InChI is InChI=1S/C27H33ClN2O2/c1-19-17-23(15-16-25(19)28)32-18-20-11-13-22(14-12-20)27(31)30-29-26-10-6-5-9-24(26)21-7-3-2-4-8-21/h11-17,21,24H,2-10,18H2,1H3,(H,30,31)/b29-26+/t24-/m1/s1. The number of nitrogens with one attached hydrogen (secondary N) is 1. The van der Waals surface area contributed by atoms with Crippen molar-refractivity contribution in [2.45, 2.75) is 71.3 Å². The van der Waals surface area contributed by atoms with Gasteiger partial charge in [0.15, 0.2) is 0 Å². The zero-order valence-corrected chi connectivity index (χ0v) is 19.7. The quantitative estimate of drug-likeness (QED) is 0.476. The maximum absolute atomic E-state index is 12.7. The Labute approximate surface area is 196 Å². The van der Waals surface area contributed by atoms with Gasteiger partial charge in [-0.2, -0.15) is 5.10 Å². The summed E-state index contributed by atoms with van der Waals surface area (Å²) in [4.78, 5) is 12.7. The minimum Gasteiger partial charge on any atom is -0.489 e. The van der Waals surface area contributed by atoms with Crippen molar-refractivity contribution in [1.29, 1.82) is 0 Å². The first-order valence-corrected chi connectivity index (χ1v) is 12.3. The van der Waals surface area contributed by atoms with Crippen molar-refractivity contribution in [2.75, 3.05) is 0 Å². The normalized spacial score (nSPS) is 20.8. The predicted octanol–water partition coefficient (Wildman–Crippen LogP) is 7.08. The van der Waals surface area contributed by atoms with E-state index in [1.807, 2.05) is 49.4 Å². The van der Waals surface area contributed by atoms with Crippen LogP contribution in [-0.2, 0) is 6.61 Å². The van der Waals surface area contributed by atoms with Crippen molar-refractivity contribution in [3.63, 3.8) is 0 Å². The fourth-order valence-electron chi connectivity index (χ4n) is 5.02. The minimum absolute atomic E-state index is 0.147. The average molecular weight is 453 g/mol. The first kappa shape index (κ1) is 22.8. The first-order valence-electron chi connectivity index (χ1n) is 11.9. The van der Waals surface area contributed by atoms with Gasteiger partial charge in [0.2, 0.25) is 0 Å². The number of aryl methyl sites for hydroxylation is 1. The highest BCUT2D eigenvalue weighted by atomic mass is 35.5. The van der Waals surface area contributed by atoms with E-state index >= 15 is 0 Å².